The molecule has 2 aromatic heterocycles. The Bertz CT molecular complexity index is 689. The number of ether oxygens (including phenoxy) is 1. The number of carbonyl (C=O) groups is 1. The molecule has 0 unspecified atom stereocenters. The van der Waals surface area contributed by atoms with Crippen molar-refractivity contribution < 1.29 is 9.53 Å². The van der Waals surface area contributed by atoms with Gasteiger partial charge in [0.2, 0.25) is 0 Å². The maximum atomic E-state index is 12.2. The highest BCUT2D eigenvalue weighted by Gasteiger charge is 2.37. The molecule has 1 aliphatic heterocycles. The number of nitrogens with two attached hydrogens (primary N) is 1. The fraction of sp³-hybridized carbons (Fsp3) is 0.500. The second-order valence-corrected chi connectivity index (χ2v) is 6.79. The number of hydrogen-bond acceptors (Lipinski definition) is 4. The number of nitrogens with one attached hydrogen (secondary N) is 1. The van der Waals surface area contributed by atoms with Crippen molar-refractivity contribution in [2.75, 3.05) is 13.1 Å². The van der Waals surface area contributed by atoms with Gasteiger partial charge >= 0.3 is 6.09 Å². The zero-order valence-electron chi connectivity index (χ0n) is 13.2. The Balaban J connectivity index is 1.82. The average molecular weight is 302 g/mol. The van der Waals surface area contributed by atoms with Crippen LogP contribution in [-0.4, -0.2) is 45.7 Å². The summed E-state index contributed by atoms with van der Waals surface area (Å²) in [6.45, 7) is 6.61. The van der Waals surface area contributed by atoms with Crippen molar-refractivity contribution in [3.8, 4) is 0 Å². The van der Waals surface area contributed by atoms with E-state index < -0.39 is 5.60 Å². The number of amides is 1. The van der Waals surface area contributed by atoms with E-state index in [0.29, 0.717) is 13.1 Å². The van der Waals surface area contributed by atoms with Gasteiger partial charge in [0, 0.05) is 48.3 Å². The lowest BCUT2D eigenvalue weighted by molar-refractivity contribution is 0.0290. The molecule has 1 amide bonds. The number of rotatable bonds is 1. The normalized spacial score (nSPS) is 22.3. The van der Waals surface area contributed by atoms with Gasteiger partial charge in [0.1, 0.15) is 5.60 Å². The molecule has 118 valence electrons. The number of fused-ring (bicyclic) bond motifs is 1. The molecule has 6 nitrogen and oxygen atoms in total. The molecule has 0 aromatic carbocycles. The molecule has 0 bridgehead atoms. The van der Waals surface area contributed by atoms with E-state index in [1.165, 1.54) is 0 Å². The van der Waals surface area contributed by atoms with E-state index in [4.69, 9.17) is 10.5 Å². The summed E-state index contributed by atoms with van der Waals surface area (Å²) in [4.78, 5) is 21.6. The predicted molar refractivity (Wildman–Crippen MR) is 84.6 cm³/mol. The molecule has 2 aromatic rings. The lowest BCUT2D eigenvalue weighted by atomic mass is 9.97. The highest BCUT2D eigenvalue weighted by Crippen LogP contribution is 2.30. The summed E-state index contributed by atoms with van der Waals surface area (Å²) in [7, 11) is 0. The van der Waals surface area contributed by atoms with Crippen LogP contribution in [0, 0.1) is 0 Å². The molecule has 1 fully saturated rings. The number of carbonyl (C=O) groups excluding carboxylic acids is 1. The third kappa shape index (κ3) is 2.78. The third-order valence-electron chi connectivity index (χ3n) is 3.88. The number of likely N-dealkylation sites (tertiary alicyclic amines) is 1. The summed E-state index contributed by atoms with van der Waals surface area (Å²) in [5.41, 5.74) is 7.74. The minimum absolute atomic E-state index is 0.0204. The summed E-state index contributed by atoms with van der Waals surface area (Å²) in [5, 5.41) is 1.06. The first kappa shape index (κ1) is 14.8. The molecule has 1 aliphatic rings. The van der Waals surface area contributed by atoms with Crippen LogP contribution in [0.15, 0.2) is 24.5 Å². The topological polar surface area (TPSA) is 84.2 Å². The maximum absolute atomic E-state index is 12.2. The summed E-state index contributed by atoms with van der Waals surface area (Å²) in [5.74, 6) is 0.0204. The van der Waals surface area contributed by atoms with Crippen molar-refractivity contribution >= 4 is 17.0 Å². The molecule has 0 radical (unpaired) electrons. The van der Waals surface area contributed by atoms with Gasteiger partial charge in [-0.05, 0) is 32.9 Å². The van der Waals surface area contributed by atoms with E-state index in [1.807, 2.05) is 39.1 Å². The van der Waals surface area contributed by atoms with Gasteiger partial charge in [-0.2, -0.15) is 0 Å². The van der Waals surface area contributed by atoms with Gasteiger partial charge < -0.3 is 20.4 Å². The first-order valence-corrected chi connectivity index (χ1v) is 7.50. The Morgan fingerprint density at radius 1 is 1.41 bits per heavy atom. The van der Waals surface area contributed by atoms with Crippen LogP contribution in [0.5, 0.6) is 0 Å². The molecule has 0 spiro atoms. The molecular weight excluding hydrogens is 280 g/mol. The van der Waals surface area contributed by atoms with Crippen LogP contribution in [0.4, 0.5) is 4.79 Å². The van der Waals surface area contributed by atoms with Crippen molar-refractivity contribution in [3.05, 3.63) is 30.2 Å². The summed E-state index contributed by atoms with van der Waals surface area (Å²) in [6, 6.07) is 3.80. The van der Waals surface area contributed by atoms with Crippen molar-refractivity contribution in [2.45, 2.75) is 38.3 Å². The monoisotopic (exact) mass is 302 g/mol. The van der Waals surface area contributed by atoms with Crippen LogP contribution < -0.4 is 5.73 Å². The number of pyridine rings is 1. The minimum Gasteiger partial charge on any atom is -0.444 e. The first-order chi connectivity index (χ1) is 10.3. The lowest BCUT2D eigenvalue weighted by Crippen LogP contribution is -2.36. The van der Waals surface area contributed by atoms with E-state index in [1.54, 1.807) is 11.1 Å². The van der Waals surface area contributed by atoms with E-state index in [9.17, 15) is 4.79 Å². The lowest BCUT2D eigenvalue weighted by Gasteiger charge is -2.24. The second-order valence-electron chi connectivity index (χ2n) is 6.79. The number of nitrogens with zero attached hydrogens (tertiary/aromatic N) is 2. The first-order valence-electron chi connectivity index (χ1n) is 7.50. The van der Waals surface area contributed by atoms with Crippen molar-refractivity contribution in [1.82, 2.24) is 14.9 Å². The van der Waals surface area contributed by atoms with Gasteiger partial charge in [-0.1, -0.05) is 0 Å². The smallest absolute Gasteiger partial charge is 0.410 e. The Labute approximate surface area is 129 Å². The van der Waals surface area contributed by atoms with Gasteiger partial charge in [0.15, 0.2) is 0 Å². The molecule has 2 atom stereocenters. The molecule has 3 rings (SSSR count). The largest absolute Gasteiger partial charge is 0.444 e. The van der Waals surface area contributed by atoms with E-state index in [0.717, 1.165) is 16.6 Å². The summed E-state index contributed by atoms with van der Waals surface area (Å²) < 4.78 is 5.43. The molecular formula is C16H22N4O2. The van der Waals surface area contributed by atoms with Gasteiger partial charge in [-0.15, -0.1) is 0 Å². The van der Waals surface area contributed by atoms with E-state index in [-0.39, 0.29) is 18.1 Å². The molecule has 3 N–H and O–H groups in total. The minimum atomic E-state index is -0.502. The van der Waals surface area contributed by atoms with Crippen LogP contribution in [0.25, 0.3) is 10.9 Å². The molecule has 0 saturated carbocycles. The molecule has 0 aliphatic carbocycles. The standard InChI is InChI=1S/C16H22N4O2/c1-16(2,3)22-15(21)20-8-11(12(17)9-20)14-10-4-6-18-13(10)5-7-19-14/h4-7,11-12,18H,8-9,17H2,1-3H3/t11-,12-/m1/s1. The van der Waals surface area contributed by atoms with E-state index >= 15 is 0 Å². The van der Waals surface area contributed by atoms with Crippen LogP contribution >= 0.6 is 0 Å². The van der Waals surface area contributed by atoms with E-state index in [2.05, 4.69) is 9.97 Å². The summed E-state index contributed by atoms with van der Waals surface area (Å²) >= 11 is 0. The zero-order chi connectivity index (χ0) is 15.9. The highest BCUT2D eigenvalue weighted by atomic mass is 16.6. The second kappa shape index (κ2) is 5.28. The third-order valence-corrected chi connectivity index (χ3v) is 3.88. The SMILES string of the molecule is CC(C)(C)OC(=O)N1C[C@@H](N)[C@H](c2nccc3[nH]ccc23)C1. The fourth-order valence-electron chi connectivity index (χ4n) is 2.89. The van der Waals surface area contributed by atoms with Crippen LogP contribution in [0.3, 0.4) is 0 Å². The average Bonchev–Trinajstić information content (AvgIpc) is 3.02. The predicted octanol–water partition coefficient (Wildman–Crippen LogP) is 2.22. The van der Waals surface area contributed by atoms with Crippen molar-refractivity contribution in [3.63, 3.8) is 0 Å². The Hall–Kier alpha value is -2.08. The number of aromatic amines is 1. The Morgan fingerprint density at radius 3 is 2.91 bits per heavy atom. The van der Waals surface area contributed by atoms with Gasteiger partial charge in [-0.3, -0.25) is 4.98 Å². The Kier molecular flexibility index (Phi) is 3.56. The van der Waals surface area contributed by atoms with Gasteiger partial charge in [-0.25, -0.2) is 4.79 Å². The fourth-order valence-corrected chi connectivity index (χ4v) is 2.89. The maximum Gasteiger partial charge on any atom is 0.410 e. The van der Waals surface area contributed by atoms with Crippen LogP contribution in [0.2, 0.25) is 0 Å². The van der Waals surface area contributed by atoms with Gasteiger partial charge in [0.05, 0.1) is 5.69 Å². The van der Waals surface area contributed by atoms with Gasteiger partial charge in [0.25, 0.3) is 0 Å². The number of H-pyrrole nitrogens is 1. The molecule has 1 saturated heterocycles. The molecule has 22 heavy (non-hydrogen) atoms. The van der Waals surface area contributed by atoms with Crippen LogP contribution in [-0.2, 0) is 4.74 Å². The van der Waals surface area contributed by atoms with Crippen molar-refractivity contribution in [2.24, 2.45) is 5.73 Å². The number of aromatic nitrogens is 2. The zero-order valence-corrected chi connectivity index (χ0v) is 13.2. The van der Waals surface area contributed by atoms with Crippen molar-refractivity contribution in [1.29, 1.82) is 0 Å². The van der Waals surface area contributed by atoms with Crippen LogP contribution in [0.1, 0.15) is 32.4 Å². The Morgan fingerprint density at radius 2 is 2.18 bits per heavy atom. The molecule has 3 heterocycles. The quantitative estimate of drug-likeness (QED) is 0.846. The highest BCUT2D eigenvalue weighted by molar-refractivity contribution is 5.82. The number of hydrogen-bond donors (Lipinski definition) is 2. The summed E-state index contributed by atoms with van der Waals surface area (Å²) in [6.07, 6.45) is 3.35. The molecule has 6 heteroatoms.